The summed E-state index contributed by atoms with van der Waals surface area (Å²) in [6.07, 6.45) is -1.17. The first-order valence-electron chi connectivity index (χ1n) is 5.33. The normalized spacial score (nSPS) is 20.0. The van der Waals surface area contributed by atoms with E-state index in [4.69, 9.17) is 4.74 Å². The quantitative estimate of drug-likeness (QED) is 0.749. The standard InChI is InChI=1S/C10H18F3NO/c1-2-14-6-9(4-3-5-9)7-15-8-10(11,12)13/h14H,2-8H2,1H3. The molecule has 1 aliphatic carbocycles. The molecule has 1 N–H and O–H groups in total. The number of nitrogens with one attached hydrogen (secondary N) is 1. The predicted molar refractivity (Wildman–Crippen MR) is 51.7 cm³/mol. The first-order valence-corrected chi connectivity index (χ1v) is 5.33. The second-order valence-corrected chi connectivity index (χ2v) is 4.24. The molecule has 5 heteroatoms. The van der Waals surface area contributed by atoms with Crippen LogP contribution in [-0.4, -0.2) is 32.5 Å². The molecule has 0 aromatic rings. The Morgan fingerprint density at radius 2 is 2.00 bits per heavy atom. The van der Waals surface area contributed by atoms with Crippen LogP contribution in [0, 0.1) is 5.41 Å². The van der Waals surface area contributed by atoms with E-state index in [-0.39, 0.29) is 12.0 Å². The Morgan fingerprint density at radius 1 is 1.33 bits per heavy atom. The third-order valence-electron chi connectivity index (χ3n) is 2.84. The van der Waals surface area contributed by atoms with E-state index in [0.29, 0.717) is 0 Å². The Bertz CT molecular complexity index is 190. The zero-order valence-electron chi connectivity index (χ0n) is 8.99. The summed E-state index contributed by atoms with van der Waals surface area (Å²) in [5.74, 6) is 0. The highest BCUT2D eigenvalue weighted by Crippen LogP contribution is 2.40. The van der Waals surface area contributed by atoms with Gasteiger partial charge >= 0.3 is 6.18 Å². The van der Waals surface area contributed by atoms with Crippen LogP contribution >= 0.6 is 0 Å². The molecule has 1 aliphatic rings. The maximum absolute atomic E-state index is 11.9. The summed E-state index contributed by atoms with van der Waals surface area (Å²) in [5.41, 5.74) is -0.0404. The molecule has 90 valence electrons. The van der Waals surface area contributed by atoms with Gasteiger partial charge in [-0.25, -0.2) is 0 Å². The van der Waals surface area contributed by atoms with Gasteiger partial charge in [0.15, 0.2) is 0 Å². The van der Waals surface area contributed by atoms with Crippen LogP contribution in [0.15, 0.2) is 0 Å². The van der Waals surface area contributed by atoms with Crippen LogP contribution < -0.4 is 5.32 Å². The number of hydrogen-bond donors (Lipinski definition) is 1. The smallest absolute Gasteiger partial charge is 0.371 e. The second-order valence-electron chi connectivity index (χ2n) is 4.24. The van der Waals surface area contributed by atoms with Crippen molar-refractivity contribution in [1.82, 2.24) is 5.32 Å². The van der Waals surface area contributed by atoms with Gasteiger partial charge in [-0.15, -0.1) is 0 Å². The molecule has 0 aromatic heterocycles. The van der Waals surface area contributed by atoms with E-state index in [9.17, 15) is 13.2 Å². The molecule has 0 amide bonds. The van der Waals surface area contributed by atoms with Crippen LogP contribution in [0.25, 0.3) is 0 Å². The van der Waals surface area contributed by atoms with E-state index >= 15 is 0 Å². The fourth-order valence-corrected chi connectivity index (χ4v) is 1.82. The first kappa shape index (κ1) is 12.8. The average Bonchev–Trinajstić information content (AvgIpc) is 2.06. The van der Waals surface area contributed by atoms with Crippen molar-refractivity contribution in [2.24, 2.45) is 5.41 Å². The number of alkyl halides is 3. The molecular weight excluding hydrogens is 207 g/mol. The molecule has 0 spiro atoms. The molecular formula is C10H18F3NO. The molecule has 0 saturated heterocycles. The van der Waals surface area contributed by atoms with Gasteiger partial charge in [-0.1, -0.05) is 13.3 Å². The SMILES string of the molecule is CCNCC1(COCC(F)(F)F)CCC1. The van der Waals surface area contributed by atoms with E-state index in [2.05, 4.69) is 5.32 Å². The number of rotatable bonds is 6. The third kappa shape index (κ3) is 4.38. The van der Waals surface area contributed by atoms with E-state index in [1.54, 1.807) is 0 Å². The van der Waals surface area contributed by atoms with Crippen molar-refractivity contribution in [3.8, 4) is 0 Å². The highest BCUT2D eigenvalue weighted by Gasteiger charge is 2.38. The lowest BCUT2D eigenvalue weighted by Gasteiger charge is -2.41. The van der Waals surface area contributed by atoms with Crippen molar-refractivity contribution in [2.75, 3.05) is 26.3 Å². The van der Waals surface area contributed by atoms with Gasteiger partial charge in [0.05, 0.1) is 6.61 Å². The third-order valence-corrected chi connectivity index (χ3v) is 2.84. The highest BCUT2D eigenvalue weighted by molar-refractivity contribution is 4.89. The molecule has 0 radical (unpaired) electrons. The summed E-state index contributed by atoms with van der Waals surface area (Å²) < 4.78 is 40.3. The Morgan fingerprint density at radius 3 is 2.40 bits per heavy atom. The van der Waals surface area contributed by atoms with Gasteiger partial charge < -0.3 is 10.1 Å². The van der Waals surface area contributed by atoms with Gasteiger partial charge in [0.1, 0.15) is 6.61 Å². The summed E-state index contributed by atoms with van der Waals surface area (Å²) in [5, 5.41) is 3.18. The second kappa shape index (κ2) is 5.16. The van der Waals surface area contributed by atoms with E-state index in [1.165, 1.54) is 0 Å². The van der Waals surface area contributed by atoms with Gasteiger partial charge in [0.2, 0.25) is 0 Å². The van der Waals surface area contributed by atoms with Crippen molar-refractivity contribution >= 4 is 0 Å². The van der Waals surface area contributed by atoms with Crippen LogP contribution in [0.5, 0.6) is 0 Å². The number of halogens is 3. The Hall–Kier alpha value is -0.290. The fraction of sp³-hybridized carbons (Fsp3) is 1.00. The highest BCUT2D eigenvalue weighted by atomic mass is 19.4. The van der Waals surface area contributed by atoms with Gasteiger partial charge in [0.25, 0.3) is 0 Å². The number of ether oxygens (including phenoxy) is 1. The summed E-state index contributed by atoms with van der Waals surface area (Å²) in [4.78, 5) is 0. The molecule has 1 saturated carbocycles. The molecule has 0 heterocycles. The minimum atomic E-state index is -4.21. The summed E-state index contributed by atoms with van der Waals surface area (Å²) in [6.45, 7) is 2.70. The van der Waals surface area contributed by atoms with E-state index in [0.717, 1.165) is 32.4 Å². The van der Waals surface area contributed by atoms with Crippen LogP contribution in [0.3, 0.4) is 0 Å². The molecule has 0 aliphatic heterocycles. The monoisotopic (exact) mass is 225 g/mol. The van der Waals surface area contributed by atoms with Crippen molar-refractivity contribution in [2.45, 2.75) is 32.4 Å². The molecule has 1 rings (SSSR count). The lowest BCUT2D eigenvalue weighted by molar-refractivity contribution is -0.184. The van der Waals surface area contributed by atoms with Crippen molar-refractivity contribution < 1.29 is 17.9 Å². The summed E-state index contributed by atoms with van der Waals surface area (Å²) in [6, 6.07) is 0. The topological polar surface area (TPSA) is 21.3 Å². The van der Waals surface area contributed by atoms with Crippen LogP contribution in [0.2, 0.25) is 0 Å². The largest absolute Gasteiger partial charge is 0.411 e. The molecule has 0 atom stereocenters. The maximum atomic E-state index is 11.9. The van der Waals surface area contributed by atoms with Gasteiger partial charge in [-0.2, -0.15) is 13.2 Å². The van der Waals surface area contributed by atoms with Crippen LogP contribution in [-0.2, 0) is 4.74 Å². The molecule has 0 bridgehead atoms. The van der Waals surface area contributed by atoms with E-state index in [1.807, 2.05) is 6.92 Å². The minimum Gasteiger partial charge on any atom is -0.371 e. The van der Waals surface area contributed by atoms with Crippen molar-refractivity contribution in [1.29, 1.82) is 0 Å². The molecule has 15 heavy (non-hydrogen) atoms. The maximum Gasteiger partial charge on any atom is 0.411 e. The number of hydrogen-bond acceptors (Lipinski definition) is 2. The van der Waals surface area contributed by atoms with Crippen molar-refractivity contribution in [3.05, 3.63) is 0 Å². The molecule has 0 unspecified atom stereocenters. The van der Waals surface area contributed by atoms with Gasteiger partial charge in [0, 0.05) is 12.0 Å². The lowest BCUT2D eigenvalue weighted by atomic mass is 9.69. The summed E-state index contributed by atoms with van der Waals surface area (Å²) in [7, 11) is 0. The first-order chi connectivity index (χ1) is 6.97. The summed E-state index contributed by atoms with van der Waals surface area (Å²) >= 11 is 0. The Kier molecular flexibility index (Phi) is 4.40. The minimum absolute atomic E-state index is 0.0404. The Balaban J connectivity index is 2.22. The average molecular weight is 225 g/mol. The molecule has 1 fully saturated rings. The van der Waals surface area contributed by atoms with Crippen LogP contribution in [0.1, 0.15) is 26.2 Å². The molecule has 2 nitrogen and oxygen atoms in total. The zero-order valence-corrected chi connectivity index (χ0v) is 8.99. The van der Waals surface area contributed by atoms with E-state index < -0.39 is 12.8 Å². The lowest BCUT2D eigenvalue weighted by Crippen LogP contribution is -2.44. The van der Waals surface area contributed by atoms with Gasteiger partial charge in [-0.3, -0.25) is 0 Å². The Labute approximate surface area is 88.2 Å². The fourth-order valence-electron chi connectivity index (χ4n) is 1.82. The predicted octanol–water partition coefficient (Wildman–Crippen LogP) is 2.35. The van der Waals surface area contributed by atoms with Crippen LogP contribution in [0.4, 0.5) is 13.2 Å². The van der Waals surface area contributed by atoms with Gasteiger partial charge in [-0.05, 0) is 19.4 Å². The van der Waals surface area contributed by atoms with Crippen molar-refractivity contribution in [3.63, 3.8) is 0 Å². The molecule has 0 aromatic carbocycles. The zero-order chi connectivity index (χ0) is 11.4.